The second-order valence-corrected chi connectivity index (χ2v) is 11.2. The van der Waals surface area contributed by atoms with Crippen LogP contribution in [0.2, 0.25) is 0 Å². The van der Waals surface area contributed by atoms with Crippen LogP contribution in [0.1, 0.15) is 33.7 Å². The van der Waals surface area contributed by atoms with Crippen LogP contribution in [0.5, 0.6) is 0 Å². The van der Waals surface area contributed by atoms with Crippen LogP contribution in [0.15, 0.2) is 51.7 Å². The molecule has 3 aromatic rings. The molecule has 1 saturated heterocycles. The van der Waals surface area contributed by atoms with Crippen molar-refractivity contribution in [2.75, 3.05) is 30.5 Å². The lowest BCUT2D eigenvalue weighted by Crippen LogP contribution is -2.41. The third-order valence-corrected chi connectivity index (χ3v) is 7.85. The molecule has 1 aliphatic heterocycles. The number of sulfone groups is 1. The first-order valence-electron chi connectivity index (χ1n) is 10.9. The first-order chi connectivity index (χ1) is 15.5. The standard InChI is InChI=1S/C25H28N2O5S/c1-16-11-17(2)24-21(28)13-23(32-22(24)12-16)25(29)27(20-9-10-33(30,31)15-20)14-18-5-7-19(8-6-18)26(3)4/h5-8,11-13,20H,9-10,14-15H2,1-4H3/t20-/m0/s1. The Balaban J connectivity index is 1.73. The number of hydrogen-bond acceptors (Lipinski definition) is 6. The highest BCUT2D eigenvalue weighted by Gasteiger charge is 2.36. The van der Waals surface area contributed by atoms with E-state index in [0.29, 0.717) is 17.4 Å². The smallest absolute Gasteiger partial charge is 0.290 e. The number of anilines is 1. The van der Waals surface area contributed by atoms with Gasteiger partial charge in [0.25, 0.3) is 5.91 Å². The molecule has 0 radical (unpaired) electrons. The highest BCUT2D eigenvalue weighted by atomic mass is 32.2. The van der Waals surface area contributed by atoms with Gasteiger partial charge in [-0.3, -0.25) is 9.59 Å². The van der Waals surface area contributed by atoms with Crippen molar-refractivity contribution in [3.63, 3.8) is 0 Å². The molecule has 0 saturated carbocycles. The van der Waals surface area contributed by atoms with Crippen molar-refractivity contribution in [2.45, 2.75) is 32.9 Å². The van der Waals surface area contributed by atoms with Crippen molar-refractivity contribution in [2.24, 2.45) is 0 Å². The van der Waals surface area contributed by atoms with Crippen molar-refractivity contribution in [3.05, 3.63) is 75.1 Å². The highest BCUT2D eigenvalue weighted by molar-refractivity contribution is 7.91. The zero-order chi connectivity index (χ0) is 23.9. The Labute approximate surface area is 193 Å². The van der Waals surface area contributed by atoms with E-state index in [1.807, 2.05) is 63.2 Å². The Hall–Kier alpha value is -3.13. The van der Waals surface area contributed by atoms with Gasteiger partial charge in [0, 0.05) is 38.4 Å². The van der Waals surface area contributed by atoms with Crippen molar-refractivity contribution >= 4 is 32.4 Å². The Bertz CT molecular complexity index is 1370. The number of amides is 1. The molecule has 2 aromatic carbocycles. The molecule has 1 aliphatic rings. The molecule has 0 spiro atoms. The van der Waals surface area contributed by atoms with Gasteiger partial charge in [0.2, 0.25) is 0 Å². The van der Waals surface area contributed by atoms with Crippen LogP contribution in [-0.2, 0) is 16.4 Å². The fourth-order valence-corrected chi connectivity index (χ4v) is 6.13. The van der Waals surface area contributed by atoms with Gasteiger partial charge in [-0.15, -0.1) is 0 Å². The number of benzene rings is 2. The zero-order valence-electron chi connectivity index (χ0n) is 19.3. The fourth-order valence-electron chi connectivity index (χ4n) is 4.40. The molecule has 1 fully saturated rings. The predicted molar refractivity (Wildman–Crippen MR) is 130 cm³/mol. The normalized spacial score (nSPS) is 17.3. The third kappa shape index (κ3) is 4.80. The molecule has 0 bridgehead atoms. The van der Waals surface area contributed by atoms with Crippen LogP contribution < -0.4 is 10.3 Å². The Morgan fingerprint density at radius 3 is 2.39 bits per heavy atom. The molecule has 0 aliphatic carbocycles. The van der Waals surface area contributed by atoms with Gasteiger partial charge in [0.1, 0.15) is 5.58 Å². The maximum absolute atomic E-state index is 13.6. The Kier molecular flexibility index (Phi) is 6.05. The lowest BCUT2D eigenvalue weighted by molar-refractivity contribution is 0.0648. The van der Waals surface area contributed by atoms with Gasteiger partial charge < -0.3 is 14.2 Å². The quantitative estimate of drug-likeness (QED) is 0.571. The number of carbonyl (C=O) groups is 1. The minimum absolute atomic E-state index is 0.0427. The maximum atomic E-state index is 13.6. The average Bonchev–Trinajstić information content (AvgIpc) is 3.10. The molecular formula is C25H28N2O5S. The van der Waals surface area contributed by atoms with Gasteiger partial charge in [-0.05, 0) is 55.2 Å². The number of rotatable bonds is 5. The summed E-state index contributed by atoms with van der Waals surface area (Å²) < 4.78 is 30.2. The van der Waals surface area contributed by atoms with E-state index in [9.17, 15) is 18.0 Å². The van der Waals surface area contributed by atoms with Gasteiger partial charge in [-0.1, -0.05) is 18.2 Å². The molecule has 4 rings (SSSR count). The molecule has 1 atom stereocenters. The molecule has 8 heteroatoms. The largest absolute Gasteiger partial charge is 0.451 e. The molecule has 1 amide bonds. The maximum Gasteiger partial charge on any atom is 0.290 e. The van der Waals surface area contributed by atoms with Gasteiger partial charge in [-0.25, -0.2) is 8.42 Å². The summed E-state index contributed by atoms with van der Waals surface area (Å²) in [6, 6.07) is 12.1. The predicted octanol–water partition coefficient (Wildman–Crippen LogP) is 3.31. The number of aryl methyl sites for hydroxylation is 2. The van der Waals surface area contributed by atoms with E-state index in [-0.39, 0.29) is 29.2 Å². The number of carbonyl (C=O) groups excluding carboxylic acids is 1. The Morgan fingerprint density at radius 2 is 1.79 bits per heavy atom. The lowest BCUT2D eigenvalue weighted by atomic mass is 10.1. The first-order valence-corrected chi connectivity index (χ1v) is 12.7. The van der Waals surface area contributed by atoms with Gasteiger partial charge in [0.15, 0.2) is 21.0 Å². The molecule has 1 aromatic heterocycles. The van der Waals surface area contributed by atoms with E-state index >= 15 is 0 Å². The van der Waals surface area contributed by atoms with Crippen LogP contribution in [0.4, 0.5) is 5.69 Å². The molecule has 0 unspecified atom stereocenters. The number of nitrogens with zero attached hydrogens (tertiary/aromatic N) is 2. The van der Waals surface area contributed by atoms with E-state index < -0.39 is 21.8 Å². The number of hydrogen-bond donors (Lipinski definition) is 0. The van der Waals surface area contributed by atoms with E-state index in [2.05, 4.69) is 0 Å². The molecule has 2 heterocycles. The molecular weight excluding hydrogens is 440 g/mol. The summed E-state index contributed by atoms with van der Waals surface area (Å²) in [7, 11) is 0.674. The second-order valence-electron chi connectivity index (χ2n) is 8.98. The summed E-state index contributed by atoms with van der Waals surface area (Å²) in [5, 5.41) is 0.450. The summed E-state index contributed by atoms with van der Waals surface area (Å²) in [4.78, 5) is 29.9. The van der Waals surface area contributed by atoms with Crippen LogP contribution in [0.25, 0.3) is 11.0 Å². The van der Waals surface area contributed by atoms with Crippen LogP contribution in [0.3, 0.4) is 0 Å². The van der Waals surface area contributed by atoms with Crippen LogP contribution in [0, 0.1) is 13.8 Å². The monoisotopic (exact) mass is 468 g/mol. The van der Waals surface area contributed by atoms with E-state index in [0.717, 1.165) is 22.4 Å². The topological polar surface area (TPSA) is 87.9 Å². The molecule has 0 N–H and O–H groups in total. The summed E-state index contributed by atoms with van der Waals surface area (Å²) >= 11 is 0. The molecule has 174 valence electrons. The van der Waals surface area contributed by atoms with Gasteiger partial charge >= 0.3 is 0 Å². The average molecular weight is 469 g/mol. The van der Waals surface area contributed by atoms with Gasteiger partial charge in [-0.2, -0.15) is 0 Å². The third-order valence-electron chi connectivity index (χ3n) is 6.10. The minimum Gasteiger partial charge on any atom is -0.451 e. The SMILES string of the molecule is Cc1cc(C)c2c(=O)cc(C(=O)N(Cc3ccc(N(C)C)cc3)[C@H]3CCS(=O)(=O)C3)oc2c1. The van der Waals surface area contributed by atoms with Crippen LogP contribution in [-0.4, -0.2) is 50.9 Å². The summed E-state index contributed by atoms with van der Waals surface area (Å²) in [5.41, 5.74) is 3.67. The van der Waals surface area contributed by atoms with Crippen LogP contribution >= 0.6 is 0 Å². The Morgan fingerprint density at radius 1 is 1.09 bits per heavy atom. The second kappa shape index (κ2) is 8.67. The first kappa shape index (κ1) is 23.0. The zero-order valence-corrected chi connectivity index (χ0v) is 20.1. The van der Waals surface area contributed by atoms with E-state index in [4.69, 9.17) is 4.42 Å². The number of fused-ring (bicyclic) bond motifs is 1. The van der Waals surface area contributed by atoms with Gasteiger partial charge in [0.05, 0.1) is 16.9 Å². The highest BCUT2D eigenvalue weighted by Crippen LogP contribution is 2.25. The van der Waals surface area contributed by atoms with Crippen molar-refractivity contribution in [1.82, 2.24) is 4.90 Å². The van der Waals surface area contributed by atoms with Crippen molar-refractivity contribution < 1.29 is 17.6 Å². The summed E-state index contributed by atoms with van der Waals surface area (Å²) in [6.45, 7) is 3.95. The van der Waals surface area contributed by atoms with E-state index in [1.54, 1.807) is 6.07 Å². The summed E-state index contributed by atoms with van der Waals surface area (Å²) in [5.74, 6) is -0.607. The lowest BCUT2D eigenvalue weighted by Gasteiger charge is -2.28. The fraction of sp³-hybridized carbons (Fsp3) is 0.360. The van der Waals surface area contributed by atoms with Crippen molar-refractivity contribution in [1.29, 1.82) is 0 Å². The minimum atomic E-state index is -3.21. The van der Waals surface area contributed by atoms with E-state index in [1.165, 1.54) is 11.0 Å². The van der Waals surface area contributed by atoms with Crippen molar-refractivity contribution in [3.8, 4) is 0 Å². The molecule has 7 nitrogen and oxygen atoms in total. The molecule has 33 heavy (non-hydrogen) atoms. The summed E-state index contributed by atoms with van der Waals surface area (Å²) in [6.07, 6.45) is 0.361.